The van der Waals surface area contributed by atoms with Gasteiger partial charge in [0.05, 0.1) is 37.6 Å². The highest BCUT2D eigenvalue weighted by atomic mass is 32.1. The number of thiocarbonyl (C=S) groups is 1. The van der Waals surface area contributed by atoms with Crippen LogP contribution >= 0.6 is 12.2 Å². The number of rotatable bonds is 9. The number of hydrogen-bond donors (Lipinski definition) is 1. The van der Waals surface area contributed by atoms with Gasteiger partial charge < -0.3 is 24.3 Å². The summed E-state index contributed by atoms with van der Waals surface area (Å²) in [7, 11) is 0. The highest BCUT2D eigenvalue weighted by Crippen LogP contribution is 2.43. The number of hydrogen-bond acceptors (Lipinski definition) is 5. The Hall–Kier alpha value is -2.94. The van der Waals surface area contributed by atoms with Crippen LogP contribution in [0.1, 0.15) is 48.1 Å². The van der Waals surface area contributed by atoms with Gasteiger partial charge in [-0.2, -0.15) is 0 Å². The molecule has 2 aromatic heterocycles. The summed E-state index contributed by atoms with van der Waals surface area (Å²) in [4.78, 5) is 9.45. The number of aryl methyl sites for hydroxylation is 1. The average Bonchev–Trinajstić information content (AvgIpc) is 3.41. The molecule has 2 saturated heterocycles. The summed E-state index contributed by atoms with van der Waals surface area (Å²) < 4.78 is 13.6. The molecule has 5 rings (SSSR count). The van der Waals surface area contributed by atoms with E-state index in [2.05, 4.69) is 57.8 Å². The van der Waals surface area contributed by atoms with E-state index >= 15 is 0 Å². The van der Waals surface area contributed by atoms with Crippen molar-refractivity contribution in [3.05, 3.63) is 77.4 Å². The van der Waals surface area contributed by atoms with Crippen molar-refractivity contribution in [3.63, 3.8) is 0 Å². The molecule has 2 atom stereocenters. The fourth-order valence-electron chi connectivity index (χ4n) is 5.57. The fourth-order valence-corrected chi connectivity index (χ4v) is 5.91. The molecule has 2 aliphatic rings. The second-order valence-electron chi connectivity index (χ2n) is 9.71. The molecule has 1 aromatic carbocycles. The van der Waals surface area contributed by atoms with Gasteiger partial charge in [-0.25, -0.2) is 0 Å². The topological polar surface area (TPSA) is 54.8 Å². The van der Waals surface area contributed by atoms with Crippen molar-refractivity contribution in [2.45, 2.75) is 45.8 Å². The maximum Gasteiger partial charge on any atom is 0.174 e. The van der Waals surface area contributed by atoms with Gasteiger partial charge in [-0.3, -0.25) is 9.88 Å². The number of benzene rings is 1. The molecule has 0 bridgehead atoms. The van der Waals surface area contributed by atoms with Crippen LogP contribution in [0.3, 0.4) is 0 Å². The number of anilines is 1. The van der Waals surface area contributed by atoms with Crippen molar-refractivity contribution in [1.82, 2.24) is 19.8 Å². The van der Waals surface area contributed by atoms with Gasteiger partial charge in [0.15, 0.2) is 5.11 Å². The number of aromatic nitrogens is 2. The van der Waals surface area contributed by atoms with Crippen LogP contribution in [0.4, 0.5) is 5.69 Å². The quantitative estimate of drug-likeness (QED) is 0.408. The standard InChI is InChI=1S/C29H37N5O2S/c1-4-36-24-11-9-23(10-12-24)34-28(27(31-29(34)37)26-8-5-6-13-30-26)25-20-21(2)33(22(25)3)15-7-14-32-16-18-35-19-17-32/h5-6,8-13,20,27-28H,4,7,14-19H2,1-3H3,(H,31,37)/t27-,28+/m1/s1. The molecule has 2 aliphatic heterocycles. The highest BCUT2D eigenvalue weighted by Gasteiger charge is 2.42. The van der Waals surface area contributed by atoms with Gasteiger partial charge in [-0.1, -0.05) is 6.07 Å². The molecule has 0 amide bonds. The second kappa shape index (κ2) is 11.6. The molecule has 8 heteroatoms. The molecular formula is C29H37N5O2S. The molecule has 37 heavy (non-hydrogen) atoms. The second-order valence-corrected chi connectivity index (χ2v) is 10.1. The fraction of sp³-hybridized carbons (Fsp3) is 0.448. The van der Waals surface area contributed by atoms with Gasteiger partial charge in [0.1, 0.15) is 5.75 Å². The number of ether oxygens (including phenoxy) is 2. The molecule has 0 radical (unpaired) electrons. The maximum absolute atomic E-state index is 5.92. The summed E-state index contributed by atoms with van der Waals surface area (Å²) >= 11 is 5.92. The van der Waals surface area contributed by atoms with Crippen molar-refractivity contribution in [1.29, 1.82) is 0 Å². The van der Waals surface area contributed by atoms with Crippen molar-refractivity contribution < 1.29 is 9.47 Å². The molecular weight excluding hydrogens is 482 g/mol. The van der Waals surface area contributed by atoms with Gasteiger partial charge >= 0.3 is 0 Å². The third-order valence-corrected chi connectivity index (χ3v) is 7.73. The first-order valence-electron chi connectivity index (χ1n) is 13.3. The van der Waals surface area contributed by atoms with Crippen LogP contribution in [0.5, 0.6) is 5.75 Å². The molecule has 7 nitrogen and oxygen atoms in total. The van der Waals surface area contributed by atoms with Gasteiger partial charge in [-0.15, -0.1) is 0 Å². The Balaban J connectivity index is 1.45. The van der Waals surface area contributed by atoms with E-state index < -0.39 is 0 Å². The largest absolute Gasteiger partial charge is 0.494 e. The SMILES string of the molecule is CCOc1ccc(N2C(=S)N[C@H](c3ccccn3)[C@@H]2c2cc(C)n(CCCN3CCOCC3)c2C)cc1. The first-order valence-corrected chi connectivity index (χ1v) is 13.7. The van der Waals surface area contributed by atoms with E-state index in [0.717, 1.165) is 62.9 Å². The Morgan fingerprint density at radius 2 is 1.86 bits per heavy atom. The van der Waals surface area contributed by atoms with Gasteiger partial charge in [-0.05, 0) is 87.4 Å². The zero-order valence-electron chi connectivity index (χ0n) is 22.0. The van der Waals surface area contributed by atoms with E-state index in [0.29, 0.717) is 11.7 Å². The predicted octanol–water partition coefficient (Wildman–Crippen LogP) is 4.80. The Morgan fingerprint density at radius 1 is 1.08 bits per heavy atom. The van der Waals surface area contributed by atoms with E-state index in [1.54, 1.807) is 0 Å². The third-order valence-electron chi connectivity index (χ3n) is 7.42. The zero-order chi connectivity index (χ0) is 25.8. The van der Waals surface area contributed by atoms with Gasteiger partial charge in [0.2, 0.25) is 0 Å². The smallest absolute Gasteiger partial charge is 0.174 e. The van der Waals surface area contributed by atoms with E-state index in [1.165, 1.54) is 17.0 Å². The lowest BCUT2D eigenvalue weighted by atomic mass is 9.96. The summed E-state index contributed by atoms with van der Waals surface area (Å²) in [6.07, 6.45) is 2.97. The Morgan fingerprint density at radius 3 is 2.57 bits per heavy atom. The van der Waals surface area contributed by atoms with E-state index in [1.807, 2.05) is 37.4 Å². The molecule has 1 N–H and O–H groups in total. The molecule has 0 saturated carbocycles. The third kappa shape index (κ3) is 5.51. The minimum Gasteiger partial charge on any atom is -0.494 e. The lowest BCUT2D eigenvalue weighted by molar-refractivity contribution is 0.0369. The summed E-state index contributed by atoms with van der Waals surface area (Å²) in [6.45, 7) is 12.9. The predicted molar refractivity (Wildman–Crippen MR) is 151 cm³/mol. The van der Waals surface area contributed by atoms with Crippen molar-refractivity contribution in [3.8, 4) is 5.75 Å². The molecule has 3 aromatic rings. The normalized spacial score (nSPS) is 20.3. The van der Waals surface area contributed by atoms with E-state index in [-0.39, 0.29) is 12.1 Å². The van der Waals surface area contributed by atoms with E-state index in [9.17, 15) is 0 Å². The number of morpholine rings is 1. The molecule has 0 unspecified atom stereocenters. The summed E-state index contributed by atoms with van der Waals surface area (Å²) in [5.41, 5.74) is 5.87. The number of nitrogens with one attached hydrogen (secondary N) is 1. The van der Waals surface area contributed by atoms with Crippen molar-refractivity contribution >= 4 is 23.0 Å². The highest BCUT2D eigenvalue weighted by molar-refractivity contribution is 7.80. The van der Waals surface area contributed by atoms with Crippen molar-refractivity contribution in [2.24, 2.45) is 0 Å². The van der Waals surface area contributed by atoms with Gasteiger partial charge in [0.25, 0.3) is 0 Å². The lowest BCUT2D eigenvalue weighted by Gasteiger charge is -2.28. The molecule has 2 fully saturated rings. The summed E-state index contributed by atoms with van der Waals surface area (Å²) in [5, 5.41) is 4.30. The minimum atomic E-state index is -0.0532. The molecule has 4 heterocycles. The number of nitrogens with zero attached hydrogens (tertiary/aromatic N) is 4. The Bertz CT molecular complexity index is 1190. The number of pyridine rings is 1. The molecule has 0 aliphatic carbocycles. The first kappa shape index (κ1) is 25.7. The van der Waals surface area contributed by atoms with E-state index in [4.69, 9.17) is 26.7 Å². The van der Waals surface area contributed by atoms with Crippen LogP contribution in [0.15, 0.2) is 54.7 Å². The maximum atomic E-state index is 5.92. The average molecular weight is 520 g/mol. The van der Waals surface area contributed by atoms with Crippen LogP contribution < -0.4 is 15.0 Å². The van der Waals surface area contributed by atoms with Crippen LogP contribution in [-0.4, -0.2) is 59.0 Å². The Kier molecular flexibility index (Phi) is 8.08. The summed E-state index contributed by atoms with van der Waals surface area (Å²) in [6, 6.07) is 16.6. The Labute approximate surface area is 225 Å². The van der Waals surface area contributed by atoms with Crippen LogP contribution in [-0.2, 0) is 11.3 Å². The monoisotopic (exact) mass is 519 g/mol. The first-order chi connectivity index (χ1) is 18.1. The van der Waals surface area contributed by atoms with Crippen LogP contribution in [0.25, 0.3) is 0 Å². The van der Waals surface area contributed by atoms with Gasteiger partial charge in [0, 0.05) is 49.5 Å². The minimum absolute atomic E-state index is 0.0143. The summed E-state index contributed by atoms with van der Waals surface area (Å²) in [5.74, 6) is 0.862. The lowest BCUT2D eigenvalue weighted by Crippen LogP contribution is -2.37. The molecule has 196 valence electrons. The van der Waals surface area contributed by atoms with Crippen LogP contribution in [0.2, 0.25) is 0 Å². The zero-order valence-corrected chi connectivity index (χ0v) is 22.8. The van der Waals surface area contributed by atoms with Crippen molar-refractivity contribution in [2.75, 3.05) is 44.4 Å². The van der Waals surface area contributed by atoms with Crippen LogP contribution in [0, 0.1) is 13.8 Å². The molecule has 0 spiro atoms.